The zero-order valence-corrected chi connectivity index (χ0v) is 12.1. The van der Waals surface area contributed by atoms with Gasteiger partial charge in [-0.3, -0.25) is 4.79 Å². The number of tetrazole rings is 1. The van der Waals surface area contributed by atoms with Crippen LogP contribution in [-0.4, -0.2) is 32.2 Å². The van der Waals surface area contributed by atoms with Gasteiger partial charge in [0, 0.05) is 11.6 Å². The first-order valence-electron chi connectivity index (χ1n) is 7.38. The van der Waals surface area contributed by atoms with E-state index in [2.05, 4.69) is 27.8 Å². The molecule has 2 aromatic rings. The van der Waals surface area contributed by atoms with Crippen LogP contribution in [0.5, 0.6) is 0 Å². The number of nitrogens with zero attached hydrogens (tertiary/aromatic N) is 4. The van der Waals surface area contributed by atoms with Gasteiger partial charge in [-0.15, -0.1) is 5.10 Å². The molecular weight excluding hydrogens is 266 g/mol. The number of hydrogen-bond acceptors (Lipinski definition) is 4. The lowest BCUT2D eigenvalue weighted by Crippen LogP contribution is -2.41. The molecule has 0 radical (unpaired) electrons. The predicted molar refractivity (Wildman–Crippen MR) is 78.0 cm³/mol. The van der Waals surface area contributed by atoms with Crippen LogP contribution in [0.3, 0.4) is 0 Å². The first-order chi connectivity index (χ1) is 10.2. The van der Waals surface area contributed by atoms with E-state index in [1.165, 1.54) is 25.6 Å². The topological polar surface area (TPSA) is 72.7 Å². The van der Waals surface area contributed by atoms with Gasteiger partial charge in [-0.1, -0.05) is 25.8 Å². The van der Waals surface area contributed by atoms with E-state index in [4.69, 9.17) is 0 Å². The summed E-state index contributed by atoms with van der Waals surface area (Å²) < 4.78 is 1.54. The summed E-state index contributed by atoms with van der Waals surface area (Å²) in [5.41, 5.74) is 1.42. The predicted octanol–water partition coefficient (Wildman–Crippen LogP) is 1.97. The largest absolute Gasteiger partial charge is 0.349 e. The van der Waals surface area contributed by atoms with Crippen LogP contribution in [0, 0.1) is 5.92 Å². The number of amides is 1. The van der Waals surface area contributed by atoms with Crippen LogP contribution in [0.2, 0.25) is 0 Å². The fourth-order valence-corrected chi connectivity index (χ4v) is 2.85. The Bertz CT molecular complexity index is 610. The highest BCUT2D eigenvalue weighted by atomic mass is 16.1. The van der Waals surface area contributed by atoms with Crippen LogP contribution in [0.4, 0.5) is 0 Å². The van der Waals surface area contributed by atoms with Crippen molar-refractivity contribution in [3.8, 4) is 5.69 Å². The maximum absolute atomic E-state index is 12.4. The smallest absolute Gasteiger partial charge is 0.251 e. The van der Waals surface area contributed by atoms with Crippen molar-refractivity contribution in [2.24, 2.45) is 5.92 Å². The van der Waals surface area contributed by atoms with Crippen molar-refractivity contribution in [3.05, 3.63) is 36.2 Å². The molecule has 0 unspecified atom stereocenters. The fourth-order valence-electron chi connectivity index (χ4n) is 2.85. The number of rotatable bonds is 3. The number of nitrogens with one attached hydrogen (secondary N) is 1. The maximum atomic E-state index is 12.4. The minimum Gasteiger partial charge on any atom is -0.349 e. The highest BCUT2D eigenvalue weighted by molar-refractivity contribution is 5.94. The molecule has 6 heteroatoms. The van der Waals surface area contributed by atoms with E-state index in [1.54, 1.807) is 10.7 Å². The maximum Gasteiger partial charge on any atom is 0.251 e. The van der Waals surface area contributed by atoms with E-state index >= 15 is 0 Å². The highest BCUT2D eigenvalue weighted by Crippen LogP contribution is 2.24. The van der Waals surface area contributed by atoms with E-state index < -0.39 is 0 Å². The van der Waals surface area contributed by atoms with Crippen molar-refractivity contribution >= 4 is 5.91 Å². The van der Waals surface area contributed by atoms with Crippen LogP contribution >= 0.6 is 0 Å². The zero-order chi connectivity index (χ0) is 14.7. The summed E-state index contributed by atoms with van der Waals surface area (Å²) >= 11 is 0. The summed E-state index contributed by atoms with van der Waals surface area (Å²) in [5, 5.41) is 14.2. The van der Waals surface area contributed by atoms with Crippen LogP contribution in [0.25, 0.3) is 5.69 Å². The summed E-state index contributed by atoms with van der Waals surface area (Å²) in [4.78, 5) is 12.4. The zero-order valence-electron chi connectivity index (χ0n) is 12.1. The molecule has 0 saturated heterocycles. The molecule has 2 atom stereocenters. The van der Waals surface area contributed by atoms with Crippen LogP contribution in [-0.2, 0) is 0 Å². The van der Waals surface area contributed by atoms with Gasteiger partial charge in [-0.05, 0) is 47.4 Å². The quantitative estimate of drug-likeness (QED) is 0.935. The monoisotopic (exact) mass is 285 g/mol. The van der Waals surface area contributed by atoms with E-state index in [9.17, 15) is 4.79 Å². The molecule has 1 amide bonds. The van der Waals surface area contributed by atoms with Crippen LogP contribution in [0.1, 0.15) is 43.0 Å². The Kier molecular flexibility index (Phi) is 3.94. The minimum atomic E-state index is -0.0244. The van der Waals surface area contributed by atoms with Gasteiger partial charge in [0.15, 0.2) is 0 Å². The Hall–Kier alpha value is -2.24. The van der Waals surface area contributed by atoms with Crippen LogP contribution < -0.4 is 5.32 Å². The van der Waals surface area contributed by atoms with Crippen molar-refractivity contribution in [1.29, 1.82) is 0 Å². The molecule has 1 aromatic heterocycles. The van der Waals surface area contributed by atoms with Crippen molar-refractivity contribution in [2.75, 3.05) is 0 Å². The fraction of sp³-hybridized carbons (Fsp3) is 0.467. The molecule has 0 spiro atoms. The Labute approximate surface area is 123 Å². The van der Waals surface area contributed by atoms with Gasteiger partial charge in [0.1, 0.15) is 6.33 Å². The van der Waals surface area contributed by atoms with E-state index in [0.717, 1.165) is 12.1 Å². The standard InChI is InChI=1S/C15H19N5O/c1-11-5-2-3-8-14(11)17-15(21)12-6-4-7-13(9-12)20-10-16-18-19-20/h4,6-7,9-11,14H,2-3,5,8H2,1H3,(H,17,21)/t11-,14-/m0/s1. The van der Waals surface area contributed by atoms with Gasteiger partial charge >= 0.3 is 0 Å². The number of carbonyl (C=O) groups is 1. The second-order valence-corrected chi connectivity index (χ2v) is 5.65. The normalized spacial score (nSPS) is 22.0. The number of hydrogen-bond donors (Lipinski definition) is 1. The molecule has 0 bridgehead atoms. The minimum absolute atomic E-state index is 0.0244. The van der Waals surface area contributed by atoms with Gasteiger partial charge in [0.25, 0.3) is 5.91 Å². The molecule has 1 aromatic carbocycles. The Balaban J connectivity index is 1.74. The van der Waals surface area contributed by atoms with Gasteiger partial charge < -0.3 is 5.32 Å². The summed E-state index contributed by atoms with van der Waals surface area (Å²) in [7, 11) is 0. The summed E-state index contributed by atoms with van der Waals surface area (Å²) in [6.07, 6.45) is 6.23. The van der Waals surface area contributed by atoms with Gasteiger partial charge in [0.2, 0.25) is 0 Å². The third kappa shape index (κ3) is 3.09. The van der Waals surface area contributed by atoms with Gasteiger partial charge in [-0.25, -0.2) is 4.68 Å². The number of carbonyl (C=O) groups excluding carboxylic acids is 1. The first-order valence-corrected chi connectivity index (χ1v) is 7.38. The molecule has 3 rings (SSSR count). The van der Waals surface area contributed by atoms with E-state index in [0.29, 0.717) is 11.5 Å². The number of aromatic nitrogens is 4. The number of benzene rings is 1. The summed E-state index contributed by atoms with van der Waals surface area (Å²) in [6, 6.07) is 7.62. The van der Waals surface area contributed by atoms with E-state index in [1.807, 2.05) is 18.2 Å². The molecule has 1 heterocycles. The van der Waals surface area contributed by atoms with Crippen LogP contribution in [0.15, 0.2) is 30.6 Å². The van der Waals surface area contributed by atoms with Crippen molar-refractivity contribution in [1.82, 2.24) is 25.5 Å². The molecule has 21 heavy (non-hydrogen) atoms. The van der Waals surface area contributed by atoms with Crippen molar-refractivity contribution in [3.63, 3.8) is 0 Å². The summed E-state index contributed by atoms with van der Waals surface area (Å²) in [6.45, 7) is 2.21. The lowest BCUT2D eigenvalue weighted by Gasteiger charge is -2.29. The molecule has 1 N–H and O–H groups in total. The lowest BCUT2D eigenvalue weighted by atomic mass is 9.86. The first kappa shape index (κ1) is 13.7. The SMILES string of the molecule is C[C@H]1CCCC[C@@H]1NC(=O)c1cccc(-n2cnnn2)c1. The highest BCUT2D eigenvalue weighted by Gasteiger charge is 2.23. The Morgan fingerprint density at radius 2 is 2.19 bits per heavy atom. The lowest BCUT2D eigenvalue weighted by molar-refractivity contribution is 0.0910. The second kappa shape index (κ2) is 6.03. The summed E-state index contributed by atoms with van der Waals surface area (Å²) in [5.74, 6) is 0.522. The Morgan fingerprint density at radius 1 is 1.33 bits per heavy atom. The van der Waals surface area contributed by atoms with E-state index in [-0.39, 0.29) is 11.9 Å². The Morgan fingerprint density at radius 3 is 2.95 bits per heavy atom. The molecule has 1 aliphatic carbocycles. The molecule has 1 saturated carbocycles. The van der Waals surface area contributed by atoms with Gasteiger partial charge in [0.05, 0.1) is 5.69 Å². The molecule has 0 aliphatic heterocycles. The average molecular weight is 285 g/mol. The average Bonchev–Trinajstić information content (AvgIpc) is 3.04. The molecule has 1 aliphatic rings. The van der Waals surface area contributed by atoms with Gasteiger partial charge in [-0.2, -0.15) is 0 Å². The van der Waals surface area contributed by atoms with Crippen molar-refractivity contribution in [2.45, 2.75) is 38.6 Å². The molecule has 110 valence electrons. The van der Waals surface area contributed by atoms with Crippen molar-refractivity contribution < 1.29 is 4.79 Å². The molecule has 1 fully saturated rings. The molecular formula is C15H19N5O. The second-order valence-electron chi connectivity index (χ2n) is 5.65. The molecule has 6 nitrogen and oxygen atoms in total. The third-order valence-electron chi connectivity index (χ3n) is 4.15. The third-order valence-corrected chi connectivity index (χ3v) is 4.15.